The summed E-state index contributed by atoms with van der Waals surface area (Å²) in [7, 11) is 0. The molecule has 0 spiro atoms. The van der Waals surface area contributed by atoms with Crippen molar-refractivity contribution in [3.05, 3.63) is 11.6 Å². The summed E-state index contributed by atoms with van der Waals surface area (Å²) in [5.41, 5.74) is 0. The van der Waals surface area contributed by atoms with Gasteiger partial charge in [-0.05, 0) is 12.8 Å². The highest BCUT2D eigenvalue weighted by Gasteiger charge is 2.39. The summed E-state index contributed by atoms with van der Waals surface area (Å²) in [5, 5.41) is 10.4. The fourth-order valence-corrected chi connectivity index (χ4v) is 2.29. The molecule has 2 rings (SSSR count). The Balaban J connectivity index is 1.88. The Morgan fingerprint density at radius 2 is 1.90 bits per heavy atom. The van der Waals surface area contributed by atoms with Crippen molar-refractivity contribution in [2.75, 3.05) is 19.6 Å². The number of hydrogen-bond acceptors (Lipinski definition) is 4. The van der Waals surface area contributed by atoms with Crippen molar-refractivity contribution < 1.29 is 13.2 Å². The van der Waals surface area contributed by atoms with E-state index in [-0.39, 0.29) is 6.54 Å². The predicted octanol–water partition coefficient (Wildman–Crippen LogP) is 1.75. The Morgan fingerprint density at radius 3 is 2.52 bits per heavy atom. The number of hydrogen-bond donors (Lipinski definition) is 1. The number of nitrogens with one attached hydrogen (secondary N) is 1. The number of aromatic nitrogens is 3. The van der Waals surface area contributed by atoms with E-state index in [9.17, 15) is 13.2 Å². The van der Waals surface area contributed by atoms with Crippen LogP contribution in [0.1, 0.15) is 32.4 Å². The fraction of sp³-hybridized carbons (Fsp3) is 0.846. The zero-order valence-electron chi connectivity index (χ0n) is 12.6. The zero-order valence-corrected chi connectivity index (χ0v) is 12.6. The van der Waals surface area contributed by atoms with E-state index in [0.717, 1.165) is 13.1 Å². The van der Waals surface area contributed by atoms with Gasteiger partial charge < -0.3 is 9.88 Å². The highest BCUT2D eigenvalue weighted by Crippen LogP contribution is 2.29. The van der Waals surface area contributed by atoms with Crippen LogP contribution in [0, 0.1) is 5.92 Å². The van der Waals surface area contributed by atoms with Gasteiger partial charge >= 0.3 is 6.18 Å². The minimum absolute atomic E-state index is 0.289. The quantitative estimate of drug-likeness (QED) is 0.900. The van der Waals surface area contributed by atoms with Gasteiger partial charge in [0.25, 0.3) is 0 Å². The molecule has 1 aliphatic rings. The summed E-state index contributed by atoms with van der Waals surface area (Å²) in [6.07, 6.45) is -4.43. The van der Waals surface area contributed by atoms with E-state index in [0.29, 0.717) is 30.9 Å². The lowest BCUT2D eigenvalue weighted by atomic mass is 10.1. The maximum Gasteiger partial charge on any atom is 0.451 e. The van der Waals surface area contributed by atoms with Crippen LogP contribution in [-0.4, -0.2) is 45.3 Å². The molecule has 0 fully saturated rings. The van der Waals surface area contributed by atoms with E-state index in [1.54, 1.807) is 0 Å². The second kappa shape index (κ2) is 6.31. The van der Waals surface area contributed by atoms with Gasteiger partial charge in [0.1, 0.15) is 5.82 Å². The summed E-state index contributed by atoms with van der Waals surface area (Å²) in [4.78, 5) is 2.10. The summed E-state index contributed by atoms with van der Waals surface area (Å²) in [5.74, 6) is 0.0676. The lowest BCUT2D eigenvalue weighted by Gasteiger charge is -2.28. The van der Waals surface area contributed by atoms with Crippen LogP contribution >= 0.6 is 0 Å². The molecule has 0 saturated carbocycles. The second-order valence-corrected chi connectivity index (χ2v) is 5.85. The number of rotatable bonds is 5. The van der Waals surface area contributed by atoms with Crippen LogP contribution in [0.3, 0.4) is 0 Å². The van der Waals surface area contributed by atoms with Crippen LogP contribution in [0.2, 0.25) is 0 Å². The molecule has 1 aromatic heterocycles. The molecule has 1 aromatic rings. The summed E-state index contributed by atoms with van der Waals surface area (Å²) >= 11 is 0. The Morgan fingerprint density at radius 1 is 1.19 bits per heavy atom. The summed E-state index contributed by atoms with van der Waals surface area (Å²) in [6.45, 7) is 9.35. The Labute approximate surface area is 122 Å². The maximum atomic E-state index is 12.7. The SMILES string of the molecule is CC(C)C(C)NCCN1CCn2c(nnc2C(F)(F)F)C1. The van der Waals surface area contributed by atoms with E-state index in [1.165, 1.54) is 4.57 Å². The first-order valence-corrected chi connectivity index (χ1v) is 7.24. The lowest BCUT2D eigenvalue weighted by Crippen LogP contribution is -2.41. The molecule has 2 heterocycles. The molecule has 1 atom stereocenters. The molecular weight excluding hydrogens is 283 g/mol. The van der Waals surface area contributed by atoms with Crippen molar-refractivity contribution in [2.24, 2.45) is 5.92 Å². The molecule has 0 aliphatic carbocycles. The number of nitrogens with zero attached hydrogens (tertiary/aromatic N) is 4. The van der Waals surface area contributed by atoms with Gasteiger partial charge in [-0.2, -0.15) is 13.2 Å². The average Bonchev–Trinajstić information content (AvgIpc) is 2.81. The van der Waals surface area contributed by atoms with Crippen LogP contribution in [0.15, 0.2) is 0 Å². The third-order valence-electron chi connectivity index (χ3n) is 3.98. The first-order valence-electron chi connectivity index (χ1n) is 7.24. The average molecular weight is 305 g/mol. The van der Waals surface area contributed by atoms with E-state index in [2.05, 4.69) is 41.2 Å². The number of alkyl halides is 3. The molecule has 0 aromatic carbocycles. The van der Waals surface area contributed by atoms with Crippen molar-refractivity contribution >= 4 is 0 Å². The molecule has 1 N–H and O–H groups in total. The van der Waals surface area contributed by atoms with E-state index in [4.69, 9.17) is 0 Å². The number of fused-ring (bicyclic) bond motifs is 1. The Bertz CT molecular complexity index is 469. The molecule has 8 heteroatoms. The van der Waals surface area contributed by atoms with Crippen molar-refractivity contribution in [2.45, 2.75) is 46.1 Å². The van der Waals surface area contributed by atoms with Gasteiger partial charge in [0.15, 0.2) is 0 Å². The molecule has 1 unspecified atom stereocenters. The molecule has 0 radical (unpaired) electrons. The first-order chi connectivity index (χ1) is 9.79. The van der Waals surface area contributed by atoms with Gasteiger partial charge in [-0.25, -0.2) is 0 Å². The monoisotopic (exact) mass is 305 g/mol. The first kappa shape index (κ1) is 16.2. The van der Waals surface area contributed by atoms with Gasteiger partial charge in [0.2, 0.25) is 5.82 Å². The van der Waals surface area contributed by atoms with Crippen LogP contribution < -0.4 is 5.32 Å². The highest BCUT2D eigenvalue weighted by molar-refractivity contribution is 5.02. The number of halogens is 3. The minimum atomic E-state index is -4.43. The fourth-order valence-electron chi connectivity index (χ4n) is 2.29. The normalized spacial score (nSPS) is 18.0. The van der Waals surface area contributed by atoms with Gasteiger partial charge in [-0.1, -0.05) is 13.8 Å². The van der Waals surface area contributed by atoms with E-state index < -0.39 is 12.0 Å². The topological polar surface area (TPSA) is 46.0 Å². The van der Waals surface area contributed by atoms with Crippen molar-refractivity contribution in [3.63, 3.8) is 0 Å². The summed E-state index contributed by atoms with van der Waals surface area (Å²) < 4.78 is 39.4. The summed E-state index contributed by atoms with van der Waals surface area (Å²) in [6, 6.07) is 0.426. The Kier molecular flexibility index (Phi) is 4.88. The van der Waals surface area contributed by atoms with Crippen molar-refractivity contribution in [3.8, 4) is 0 Å². The van der Waals surface area contributed by atoms with Gasteiger partial charge in [0.05, 0.1) is 6.54 Å². The zero-order chi connectivity index (χ0) is 15.6. The largest absolute Gasteiger partial charge is 0.451 e. The van der Waals surface area contributed by atoms with Crippen molar-refractivity contribution in [1.29, 1.82) is 0 Å². The predicted molar refractivity (Wildman–Crippen MR) is 72.6 cm³/mol. The van der Waals surface area contributed by atoms with Crippen LogP contribution in [-0.2, 0) is 19.3 Å². The molecule has 0 bridgehead atoms. The molecule has 0 amide bonds. The maximum absolute atomic E-state index is 12.7. The molecular formula is C13H22F3N5. The standard InChI is InChI=1S/C13H22F3N5/c1-9(2)10(3)17-4-5-20-6-7-21-11(8-20)18-19-12(21)13(14,15)16/h9-10,17H,4-8H2,1-3H3. The van der Waals surface area contributed by atoms with Gasteiger partial charge in [-0.15, -0.1) is 10.2 Å². The van der Waals surface area contributed by atoms with Crippen molar-refractivity contribution in [1.82, 2.24) is 25.0 Å². The van der Waals surface area contributed by atoms with Gasteiger partial charge in [-0.3, -0.25) is 4.90 Å². The molecule has 120 valence electrons. The highest BCUT2D eigenvalue weighted by atomic mass is 19.4. The van der Waals surface area contributed by atoms with E-state index >= 15 is 0 Å². The lowest BCUT2D eigenvalue weighted by molar-refractivity contribution is -0.148. The van der Waals surface area contributed by atoms with Crippen LogP contribution in [0.4, 0.5) is 13.2 Å². The molecule has 0 saturated heterocycles. The Hall–Kier alpha value is -1.15. The van der Waals surface area contributed by atoms with Crippen LogP contribution in [0.25, 0.3) is 0 Å². The smallest absolute Gasteiger partial charge is 0.313 e. The molecule has 5 nitrogen and oxygen atoms in total. The van der Waals surface area contributed by atoms with Crippen LogP contribution in [0.5, 0.6) is 0 Å². The van der Waals surface area contributed by atoms with Gasteiger partial charge in [0, 0.05) is 32.2 Å². The third-order valence-corrected chi connectivity index (χ3v) is 3.98. The minimum Gasteiger partial charge on any atom is -0.313 e. The van der Waals surface area contributed by atoms with E-state index in [1.807, 2.05) is 0 Å². The molecule has 21 heavy (non-hydrogen) atoms. The molecule has 1 aliphatic heterocycles. The third kappa shape index (κ3) is 3.94. The second-order valence-electron chi connectivity index (χ2n) is 5.85.